The predicted molar refractivity (Wildman–Crippen MR) is 207 cm³/mol. The lowest BCUT2D eigenvalue weighted by Crippen LogP contribution is -2.00. The molecule has 0 aliphatic rings. The number of benzene rings is 7. The van der Waals surface area contributed by atoms with E-state index in [1.54, 1.807) is 11.3 Å². The molecule has 0 aliphatic carbocycles. The highest BCUT2D eigenvalue weighted by Gasteiger charge is 2.19. The minimum absolute atomic E-state index is 0.611. The van der Waals surface area contributed by atoms with Gasteiger partial charge in [0.2, 0.25) is 0 Å². The zero-order valence-corrected chi connectivity index (χ0v) is 27.6. The van der Waals surface area contributed by atoms with Crippen molar-refractivity contribution in [2.45, 2.75) is 0 Å². The molecule has 0 atom stereocenters. The standard InChI is InChI=1S/C45H27N3OS/c1-2-11-28(12-3-1)31-13-8-14-32(27-31)29-23-25-30(26-24-29)43-46-44(36-18-10-21-39-41(36)35-16-4-6-20-38(35)49-39)48-45(47-43)37-19-9-17-34-33-15-5-7-22-40(33)50-42(34)37/h1-27H. The van der Waals surface area contributed by atoms with Crippen molar-refractivity contribution < 1.29 is 4.42 Å². The fourth-order valence-corrected chi connectivity index (χ4v) is 8.16. The van der Waals surface area contributed by atoms with E-state index >= 15 is 0 Å². The van der Waals surface area contributed by atoms with Crippen molar-refractivity contribution in [2.24, 2.45) is 0 Å². The van der Waals surface area contributed by atoms with Gasteiger partial charge in [-0.05, 0) is 52.6 Å². The molecule has 0 saturated carbocycles. The number of hydrogen-bond donors (Lipinski definition) is 0. The van der Waals surface area contributed by atoms with E-state index in [4.69, 9.17) is 19.4 Å². The van der Waals surface area contributed by atoms with Gasteiger partial charge >= 0.3 is 0 Å². The summed E-state index contributed by atoms with van der Waals surface area (Å²) >= 11 is 1.78. The van der Waals surface area contributed by atoms with Crippen LogP contribution in [0.5, 0.6) is 0 Å². The third-order valence-corrected chi connectivity index (χ3v) is 10.6. The molecular formula is C45H27N3OS. The van der Waals surface area contributed by atoms with Crippen molar-refractivity contribution in [1.82, 2.24) is 15.0 Å². The zero-order chi connectivity index (χ0) is 33.0. The van der Waals surface area contributed by atoms with Crippen LogP contribution >= 0.6 is 11.3 Å². The fraction of sp³-hybridized carbons (Fsp3) is 0. The van der Waals surface area contributed by atoms with Crippen molar-refractivity contribution in [3.63, 3.8) is 0 Å². The highest BCUT2D eigenvalue weighted by Crippen LogP contribution is 2.41. The Morgan fingerprint density at radius 2 is 0.940 bits per heavy atom. The minimum atomic E-state index is 0.611. The molecule has 10 aromatic rings. The third kappa shape index (κ3) is 4.79. The molecule has 50 heavy (non-hydrogen) atoms. The molecule has 3 aromatic heterocycles. The van der Waals surface area contributed by atoms with Crippen molar-refractivity contribution in [3.05, 3.63) is 164 Å². The molecule has 0 spiro atoms. The van der Waals surface area contributed by atoms with Crippen LogP contribution in [0.1, 0.15) is 0 Å². The van der Waals surface area contributed by atoms with Crippen LogP contribution in [0, 0.1) is 0 Å². The third-order valence-electron chi connectivity index (χ3n) is 9.37. The lowest BCUT2D eigenvalue weighted by Gasteiger charge is -2.11. The van der Waals surface area contributed by atoms with E-state index < -0.39 is 0 Å². The summed E-state index contributed by atoms with van der Waals surface area (Å²) in [5.41, 5.74) is 9.15. The molecular weight excluding hydrogens is 631 g/mol. The second-order valence-electron chi connectivity index (χ2n) is 12.4. The summed E-state index contributed by atoms with van der Waals surface area (Å²) in [5, 5.41) is 4.48. The van der Waals surface area contributed by atoms with Gasteiger partial charge in [0, 0.05) is 47.6 Å². The maximum atomic E-state index is 6.26. The molecule has 0 saturated heterocycles. The highest BCUT2D eigenvalue weighted by molar-refractivity contribution is 7.26. The molecule has 0 unspecified atom stereocenters. The van der Waals surface area contributed by atoms with Gasteiger partial charge in [0.1, 0.15) is 11.2 Å². The first kappa shape index (κ1) is 28.6. The Labute approximate surface area is 292 Å². The number of nitrogens with zero attached hydrogens (tertiary/aromatic N) is 3. The number of para-hydroxylation sites is 1. The van der Waals surface area contributed by atoms with Crippen LogP contribution in [-0.4, -0.2) is 15.0 Å². The molecule has 10 rings (SSSR count). The molecule has 0 amide bonds. The van der Waals surface area contributed by atoms with Crippen LogP contribution in [0.15, 0.2) is 168 Å². The molecule has 4 nitrogen and oxygen atoms in total. The first-order valence-electron chi connectivity index (χ1n) is 16.6. The quantitative estimate of drug-likeness (QED) is 0.185. The molecule has 5 heteroatoms. The maximum absolute atomic E-state index is 6.26. The van der Waals surface area contributed by atoms with Crippen molar-refractivity contribution in [3.8, 4) is 56.4 Å². The number of aromatic nitrogens is 3. The van der Waals surface area contributed by atoms with Gasteiger partial charge in [-0.2, -0.15) is 0 Å². The van der Waals surface area contributed by atoms with Gasteiger partial charge < -0.3 is 4.42 Å². The second kappa shape index (κ2) is 11.6. The Hall–Kier alpha value is -6.43. The van der Waals surface area contributed by atoms with E-state index in [9.17, 15) is 0 Å². The number of fused-ring (bicyclic) bond motifs is 6. The summed E-state index contributed by atoms with van der Waals surface area (Å²) in [6.07, 6.45) is 0. The van der Waals surface area contributed by atoms with Gasteiger partial charge in [-0.3, -0.25) is 0 Å². The van der Waals surface area contributed by atoms with E-state index in [2.05, 4.69) is 127 Å². The van der Waals surface area contributed by atoms with Gasteiger partial charge in [0.25, 0.3) is 0 Å². The molecule has 234 valence electrons. The summed E-state index contributed by atoms with van der Waals surface area (Å²) in [7, 11) is 0. The van der Waals surface area contributed by atoms with Gasteiger partial charge in [0.05, 0.1) is 0 Å². The summed E-state index contributed by atoms with van der Waals surface area (Å²) in [5.74, 6) is 1.88. The summed E-state index contributed by atoms with van der Waals surface area (Å²) in [6.45, 7) is 0. The average molecular weight is 658 g/mol. The zero-order valence-electron chi connectivity index (χ0n) is 26.7. The molecule has 0 aliphatic heterocycles. The monoisotopic (exact) mass is 657 g/mol. The van der Waals surface area contributed by atoms with E-state index in [0.717, 1.165) is 54.5 Å². The summed E-state index contributed by atoms with van der Waals surface area (Å²) < 4.78 is 8.66. The molecule has 0 N–H and O–H groups in total. The Kier molecular flexibility index (Phi) is 6.64. The topological polar surface area (TPSA) is 51.8 Å². The average Bonchev–Trinajstić information content (AvgIpc) is 3.77. The van der Waals surface area contributed by atoms with E-state index in [0.29, 0.717) is 17.5 Å². The van der Waals surface area contributed by atoms with Crippen LogP contribution in [0.4, 0.5) is 0 Å². The van der Waals surface area contributed by atoms with Crippen molar-refractivity contribution >= 4 is 53.4 Å². The van der Waals surface area contributed by atoms with Gasteiger partial charge in [0.15, 0.2) is 17.5 Å². The summed E-state index contributed by atoms with van der Waals surface area (Å²) in [6, 6.07) is 56.9. The van der Waals surface area contributed by atoms with Crippen molar-refractivity contribution in [1.29, 1.82) is 0 Å². The SMILES string of the molecule is c1ccc(-c2cccc(-c3ccc(-c4nc(-c5cccc6c5sc5ccccc56)nc(-c5cccc6oc7ccccc7c56)n4)cc3)c2)cc1. The first-order chi connectivity index (χ1) is 24.8. The molecule has 7 aromatic carbocycles. The normalized spacial score (nSPS) is 11.6. The minimum Gasteiger partial charge on any atom is -0.456 e. The van der Waals surface area contributed by atoms with Gasteiger partial charge in [-0.15, -0.1) is 11.3 Å². The fourth-order valence-electron chi connectivity index (χ4n) is 6.95. The largest absolute Gasteiger partial charge is 0.456 e. The van der Waals surface area contributed by atoms with Crippen LogP contribution in [0.25, 0.3) is 98.5 Å². The number of furan rings is 1. The number of rotatable bonds is 5. The molecule has 0 radical (unpaired) electrons. The molecule has 3 heterocycles. The first-order valence-corrected chi connectivity index (χ1v) is 17.4. The lowest BCUT2D eigenvalue weighted by molar-refractivity contribution is 0.669. The Bertz CT molecular complexity index is 2870. The molecule has 0 fully saturated rings. The van der Waals surface area contributed by atoms with Crippen LogP contribution in [0.2, 0.25) is 0 Å². The van der Waals surface area contributed by atoms with Crippen LogP contribution in [-0.2, 0) is 0 Å². The number of hydrogen-bond acceptors (Lipinski definition) is 5. The van der Waals surface area contributed by atoms with E-state index in [-0.39, 0.29) is 0 Å². The van der Waals surface area contributed by atoms with E-state index in [1.807, 2.05) is 36.4 Å². The number of thiophene rings is 1. The van der Waals surface area contributed by atoms with Crippen LogP contribution in [0.3, 0.4) is 0 Å². The summed E-state index contributed by atoms with van der Waals surface area (Å²) in [4.78, 5) is 15.5. The highest BCUT2D eigenvalue weighted by atomic mass is 32.1. The van der Waals surface area contributed by atoms with Crippen LogP contribution < -0.4 is 0 Å². The smallest absolute Gasteiger partial charge is 0.165 e. The van der Waals surface area contributed by atoms with Gasteiger partial charge in [-0.1, -0.05) is 133 Å². The lowest BCUT2D eigenvalue weighted by atomic mass is 9.98. The molecule has 0 bridgehead atoms. The predicted octanol–water partition coefficient (Wildman–Crippen LogP) is 12.5. The Morgan fingerprint density at radius 3 is 1.78 bits per heavy atom. The van der Waals surface area contributed by atoms with E-state index in [1.165, 1.54) is 26.6 Å². The van der Waals surface area contributed by atoms with Crippen molar-refractivity contribution in [2.75, 3.05) is 0 Å². The Balaban J connectivity index is 1.15. The second-order valence-corrected chi connectivity index (χ2v) is 13.4. The van der Waals surface area contributed by atoms with Gasteiger partial charge in [-0.25, -0.2) is 15.0 Å². The maximum Gasteiger partial charge on any atom is 0.165 e. The Morgan fingerprint density at radius 1 is 0.380 bits per heavy atom.